The number of rotatable bonds is 6. The van der Waals surface area contributed by atoms with Gasteiger partial charge in [0, 0.05) is 45.3 Å². The van der Waals surface area contributed by atoms with E-state index in [1.165, 1.54) is 0 Å². The van der Waals surface area contributed by atoms with Crippen LogP contribution in [0.15, 0.2) is 4.99 Å². The highest BCUT2D eigenvalue weighted by Crippen LogP contribution is 2.12. The number of nitrogens with one attached hydrogen (secondary N) is 3. The number of likely N-dealkylation sites (tertiary alicyclic amines) is 1. The molecule has 3 N–H and O–H groups in total. The molecule has 1 saturated heterocycles. The summed E-state index contributed by atoms with van der Waals surface area (Å²) in [6.45, 7) is 7.51. The van der Waals surface area contributed by atoms with Crippen molar-refractivity contribution in [3.05, 3.63) is 0 Å². The summed E-state index contributed by atoms with van der Waals surface area (Å²) >= 11 is 0. The zero-order valence-electron chi connectivity index (χ0n) is 13.9. The lowest BCUT2D eigenvalue weighted by atomic mass is 10.0. The topological polar surface area (TPSA) is 85.8 Å². The summed E-state index contributed by atoms with van der Waals surface area (Å²) in [5.41, 5.74) is 0. The van der Waals surface area contributed by atoms with Crippen molar-refractivity contribution in [1.82, 2.24) is 20.3 Å². The molecule has 9 heteroatoms. The molecule has 22 heavy (non-hydrogen) atoms. The van der Waals surface area contributed by atoms with Crippen LogP contribution in [0.5, 0.6) is 0 Å². The first-order chi connectivity index (χ1) is 9.81. The molecule has 0 spiro atoms. The van der Waals surface area contributed by atoms with Crippen LogP contribution in [0.1, 0.15) is 26.7 Å². The van der Waals surface area contributed by atoms with Crippen LogP contribution < -0.4 is 15.4 Å². The number of hydrogen-bond acceptors (Lipinski definition) is 4. The Morgan fingerprint density at radius 2 is 1.86 bits per heavy atom. The van der Waals surface area contributed by atoms with E-state index in [1.54, 1.807) is 7.05 Å². The quantitative estimate of drug-likeness (QED) is 0.234. The van der Waals surface area contributed by atoms with Crippen molar-refractivity contribution in [2.24, 2.45) is 4.99 Å². The van der Waals surface area contributed by atoms with Crippen LogP contribution >= 0.6 is 24.0 Å². The Balaban J connectivity index is 0.00000441. The smallest absolute Gasteiger partial charge is 0.208 e. The molecule has 0 aromatic rings. The summed E-state index contributed by atoms with van der Waals surface area (Å²) in [6, 6.07) is 1.03. The maximum atomic E-state index is 11.0. The molecule has 0 amide bonds. The Bertz CT molecular complexity index is 434. The van der Waals surface area contributed by atoms with Gasteiger partial charge in [0.1, 0.15) is 0 Å². The Labute approximate surface area is 151 Å². The average molecular weight is 447 g/mol. The number of halogens is 1. The fraction of sp³-hybridized carbons (Fsp3) is 0.923. The van der Waals surface area contributed by atoms with Gasteiger partial charge in [-0.1, -0.05) is 0 Å². The fourth-order valence-corrected chi connectivity index (χ4v) is 2.84. The molecule has 1 fully saturated rings. The predicted octanol–water partition coefficient (Wildman–Crippen LogP) is 0.191. The van der Waals surface area contributed by atoms with Gasteiger partial charge in [0.25, 0.3) is 0 Å². The van der Waals surface area contributed by atoms with Gasteiger partial charge >= 0.3 is 0 Å². The lowest BCUT2D eigenvalue weighted by Crippen LogP contribution is -2.50. The van der Waals surface area contributed by atoms with E-state index in [0.29, 0.717) is 25.2 Å². The van der Waals surface area contributed by atoms with Crippen molar-refractivity contribution in [1.29, 1.82) is 0 Å². The zero-order chi connectivity index (χ0) is 15.9. The Morgan fingerprint density at radius 1 is 1.27 bits per heavy atom. The maximum Gasteiger partial charge on any atom is 0.208 e. The van der Waals surface area contributed by atoms with E-state index in [1.807, 2.05) is 0 Å². The highest BCUT2D eigenvalue weighted by molar-refractivity contribution is 14.0. The third-order valence-corrected chi connectivity index (χ3v) is 4.33. The van der Waals surface area contributed by atoms with Crippen LogP contribution in [0.3, 0.4) is 0 Å². The summed E-state index contributed by atoms with van der Waals surface area (Å²) in [6.07, 6.45) is 3.35. The summed E-state index contributed by atoms with van der Waals surface area (Å²) < 4.78 is 24.4. The highest BCUT2D eigenvalue weighted by atomic mass is 127. The van der Waals surface area contributed by atoms with Crippen molar-refractivity contribution >= 4 is 40.0 Å². The lowest BCUT2D eigenvalue weighted by Gasteiger charge is -2.35. The maximum absolute atomic E-state index is 11.0. The molecule has 7 nitrogen and oxygen atoms in total. The molecule has 0 aromatic carbocycles. The van der Waals surface area contributed by atoms with Crippen LogP contribution in [-0.4, -0.2) is 70.8 Å². The van der Waals surface area contributed by atoms with E-state index >= 15 is 0 Å². The fourth-order valence-electron chi connectivity index (χ4n) is 2.37. The van der Waals surface area contributed by atoms with Gasteiger partial charge in [-0.3, -0.25) is 4.99 Å². The first-order valence-electron chi connectivity index (χ1n) is 7.47. The standard InChI is InChI=1S/C13H29N5O2S.HI/c1-11(2)18-9-5-12(6-10-18)17-13(14-3)15-7-8-16-21(4,19)20;/h11-12,16H,5-10H2,1-4H3,(H2,14,15,17);1H. The van der Waals surface area contributed by atoms with E-state index in [9.17, 15) is 8.42 Å². The van der Waals surface area contributed by atoms with Crippen molar-refractivity contribution in [2.75, 3.05) is 39.5 Å². The third kappa shape index (κ3) is 9.11. The predicted molar refractivity (Wildman–Crippen MR) is 102 cm³/mol. The van der Waals surface area contributed by atoms with Crippen LogP contribution in [0.2, 0.25) is 0 Å². The minimum Gasteiger partial charge on any atom is -0.355 e. The van der Waals surface area contributed by atoms with Gasteiger partial charge in [0.05, 0.1) is 6.26 Å². The molecule has 0 aromatic heterocycles. The van der Waals surface area contributed by atoms with E-state index < -0.39 is 10.0 Å². The molecule has 132 valence electrons. The van der Waals surface area contributed by atoms with Gasteiger partial charge in [-0.15, -0.1) is 24.0 Å². The van der Waals surface area contributed by atoms with Crippen LogP contribution in [0.25, 0.3) is 0 Å². The largest absolute Gasteiger partial charge is 0.355 e. The highest BCUT2D eigenvalue weighted by Gasteiger charge is 2.21. The first kappa shape index (κ1) is 21.9. The second-order valence-electron chi connectivity index (χ2n) is 5.71. The van der Waals surface area contributed by atoms with E-state index in [2.05, 4.69) is 39.1 Å². The number of nitrogens with zero attached hydrogens (tertiary/aromatic N) is 2. The second kappa shape index (κ2) is 10.6. The zero-order valence-corrected chi connectivity index (χ0v) is 17.1. The van der Waals surface area contributed by atoms with Gasteiger partial charge in [0.15, 0.2) is 5.96 Å². The molecule has 1 aliphatic rings. The molecule has 1 heterocycles. The molecule has 0 bridgehead atoms. The van der Waals surface area contributed by atoms with Gasteiger partial charge in [-0.2, -0.15) is 0 Å². The molecule has 1 aliphatic heterocycles. The Kier molecular flexibility index (Phi) is 10.5. The Hall–Kier alpha value is -0.130. The van der Waals surface area contributed by atoms with Gasteiger partial charge in [0.2, 0.25) is 10.0 Å². The average Bonchev–Trinajstić information content (AvgIpc) is 2.41. The molecule has 0 unspecified atom stereocenters. The number of sulfonamides is 1. The first-order valence-corrected chi connectivity index (χ1v) is 9.37. The molecule has 0 saturated carbocycles. The minimum atomic E-state index is -3.13. The normalized spacial score (nSPS) is 18.1. The monoisotopic (exact) mass is 447 g/mol. The van der Waals surface area contributed by atoms with Crippen molar-refractivity contribution in [2.45, 2.75) is 38.8 Å². The molecule has 0 atom stereocenters. The van der Waals surface area contributed by atoms with E-state index in [0.717, 1.165) is 38.1 Å². The van der Waals surface area contributed by atoms with E-state index in [4.69, 9.17) is 0 Å². The summed E-state index contributed by atoms with van der Waals surface area (Å²) in [4.78, 5) is 6.65. The van der Waals surface area contributed by atoms with Crippen LogP contribution in [-0.2, 0) is 10.0 Å². The number of aliphatic imine (C=N–C) groups is 1. The lowest BCUT2D eigenvalue weighted by molar-refractivity contribution is 0.167. The van der Waals surface area contributed by atoms with Crippen LogP contribution in [0.4, 0.5) is 0 Å². The molecular formula is C13H30IN5O2S. The van der Waals surface area contributed by atoms with Crippen molar-refractivity contribution < 1.29 is 8.42 Å². The summed E-state index contributed by atoms with van der Waals surface area (Å²) in [5.74, 6) is 0.730. The van der Waals surface area contributed by atoms with E-state index in [-0.39, 0.29) is 24.0 Å². The third-order valence-electron chi connectivity index (χ3n) is 3.61. The van der Waals surface area contributed by atoms with Crippen molar-refractivity contribution in [3.8, 4) is 0 Å². The molecule has 0 aliphatic carbocycles. The van der Waals surface area contributed by atoms with Gasteiger partial charge in [-0.25, -0.2) is 13.1 Å². The Morgan fingerprint density at radius 3 is 2.32 bits per heavy atom. The molecule has 1 rings (SSSR count). The SMILES string of the molecule is CN=C(NCCNS(C)(=O)=O)NC1CCN(C(C)C)CC1.I. The molecule has 0 radical (unpaired) electrons. The number of hydrogen-bond donors (Lipinski definition) is 3. The number of piperidine rings is 1. The second-order valence-corrected chi connectivity index (χ2v) is 7.55. The minimum absolute atomic E-state index is 0. The van der Waals surface area contributed by atoms with Gasteiger partial charge < -0.3 is 15.5 Å². The van der Waals surface area contributed by atoms with Crippen LogP contribution in [0, 0.1) is 0 Å². The van der Waals surface area contributed by atoms with Crippen molar-refractivity contribution in [3.63, 3.8) is 0 Å². The number of guanidine groups is 1. The van der Waals surface area contributed by atoms with Gasteiger partial charge in [-0.05, 0) is 26.7 Å². The summed E-state index contributed by atoms with van der Waals surface area (Å²) in [7, 11) is -1.40. The summed E-state index contributed by atoms with van der Waals surface area (Å²) in [5, 5.41) is 6.52. The molecular weight excluding hydrogens is 417 g/mol.